The molecule has 0 unspecified atom stereocenters. The smallest absolute Gasteiger partial charge is 0.288 e. The maximum absolute atomic E-state index is 11.9. The highest BCUT2D eigenvalue weighted by Gasteiger charge is 2.44. The van der Waals surface area contributed by atoms with Gasteiger partial charge >= 0.3 is 0 Å². The fourth-order valence-electron chi connectivity index (χ4n) is 4.44. The van der Waals surface area contributed by atoms with E-state index >= 15 is 0 Å². The van der Waals surface area contributed by atoms with E-state index in [4.69, 9.17) is 0 Å². The summed E-state index contributed by atoms with van der Waals surface area (Å²) < 4.78 is 0. The predicted octanol–water partition coefficient (Wildman–Crippen LogP) is 0.972. The number of tetrazole rings is 1. The molecule has 1 heterocycles. The van der Waals surface area contributed by atoms with Crippen LogP contribution in [0.2, 0.25) is 0 Å². The highest BCUT2D eigenvalue weighted by atomic mass is 16.3. The van der Waals surface area contributed by atoms with Gasteiger partial charge in [-0.05, 0) is 66.9 Å². The molecule has 4 aliphatic carbocycles. The van der Waals surface area contributed by atoms with Gasteiger partial charge in [-0.15, -0.1) is 5.10 Å². The third-order valence-corrected chi connectivity index (χ3v) is 4.92. The van der Waals surface area contributed by atoms with Gasteiger partial charge in [0, 0.05) is 0 Å². The Morgan fingerprint density at radius 2 is 1.84 bits per heavy atom. The number of allylic oxidation sites excluding steroid dienone is 1. The van der Waals surface area contributed by atoms with Crippen LogP contribution in [-0.4, -0.2) is 26.5 Å². The Kier molecular flexibility index (Phi) is 2.43. The molecule has 19 heavy (non-hydrogen) atoms. The molecule has 4 aliphatic rings. The molecule has 100 valence electrons. The van der Waals surface area contributed by atoms with Crippen molar-refractivity contribution < 1.29 is 5.11 Å². The molecular weight excluding hydrogens is 242 g/mol. The first-order valence-electron chi connectivity index (χ1n) is 6.98. The molecule has 0 amide bonds. The molecule has 0 aliphatic heterocycles. The minimum atomic E-state index is -0.246. The Morgan fingerprint density at radius 3 is 2.42 bits per heavy atom. The molecule has 6 heteroatoms. The summed E-state index contributed by atoms with van der Waals surface area (Å²) in [6.45, 7) is 0. The number of rotatable bonds is 2. The molecule has 0 spiro atoms. The zero-order valence-electron chi connectivity index (χ0n) is 10.6. The van der Waals surface area contributed by atoms with E-state index in [0.717, 1.165) is 11.8 Å². The van der Waals surface area contributed by atoms with Gasteiger partial charge in [-0.25, -0.2) is 4.99 Å². The molecule has 4 bridgehead atoms. The fraction of sp³-hybridized carbons (Fsp3) is 0.692. The van der Waals surface area contributed by atoms with Gasteiger partial charge in [0.15, 0.2) is 0 Å². The largest absolute Gasteiger partial charge is 0.859 e. The van der Waals surface area contributed by atoms with E-state index in [0.29, 0.717) is 11.8 Å². The van der Waals surface area contributed by atoms with Crippen molar-refractivity contribution in [2.75, 3.05) is 0 Å². The summed E-state index contributed by atoms with van der Waals surface area (Å²) in [5.74, 6) is 2.93. The molecule has 0 saturated heterocycles. The standard InChI is InChI=1S/C13H17N5O/c19-12(14-13-15-17-18-16-13)6-11-9-2-7-1-8(4-9)5-10(11)3-7/h6-10H,1-5H2,(H2,14,15,16,17,18,19)/p-1. The molecule has 5 rings (SSSR count). The number of aromatic nitrogens is 4. The highest BCUT2D eigenvalue weighted by molar-refractivity contribution is 5.86. The maximum atomic E-state index is 11.9. The summed E-state index contributed by atoms with van der Waals surface area (Å²) in [6, 6.07) is 0. The van der Waals surface area contributed by atoms with E-state index in [1.165, 1.54) is 37.7 Å². The Hall–Kier alpha value is -1.72. The lowest BCUT2D eigenvalue weighted by Gasteiger charge is -2.51. The summed E-state index contributed by atoms with van der Waals surface area (Å²) in [4.78, 5) is 3.84. The molecule has 1 aromatic heterocycles. The molecular formula is C13H16N5O-. The molecule has 0 atom stereocenters. The highest BCUT2D eigenvalue weighted by Crippen LogP contribution is 2.56. The number of H-pyrrole nitrogens is 1. The summed E-state index contributed by atoms with van der Waals surface area (Å²) in [6.07, 6.45) is 8.25. The summed E-state index contributed by atoms with van der Waals surface area (Å²) in [7, 11) is 0. The molecule has 4 fully saturated rings. The van der Waals surface area contributed by atoms with Crippen LogP contribution in [-0.2, 0) is 0 Å². The van der Waals surface area contributed by atoms with E-state index in [2.05, 4.69) is 25.6 Å². The van der Waals surface area contributed by atoms with Crippen molar-refractivity contribution in [3.8, 4) is 0 Å². The molecule has 0 radical (unpaired) electrons. The van der Waals surface area contributed by atoms with E-state index in [9.17, 15) is 5.11 Å². The van der Waals surface area contributed by atoms with Crippen LogP contribution in [0.4, 0.5) is 5.95 Å². The van der Waals surface area contributed by atoms with Gasteiger partial charge in [0.2, 0.25) is 0 Å². The summed E-state index contributed by atoms with van der Waals surface area (Å²) >= 11 is 0. The number of aromatic amines is 1. The van der Waals surface area contributed by atoms with Crippen molar-refractivity contribution in [3.05, 3.63) is 11.6 Å². The average molecular weight is 258 g/mol. The molecule has 1 aromatic rings. The molecule has 1 N–H and O–H groups in total. The topological polar surface area (TPSA) is 89.9 Å². The monoisotopic (exact) mass is 258 g/mol. The number of hydrogen-bond acceptors (Lipinski definition) is 5. The Labute approximate surface area is 111 Å². The third-order valence-electron chi connectivity index (χ3n) is 4.92. The van der Waals surface area contributed by atoms with Gasteiger partial charge in [0.05, 0.1) is 0 Å². The number of aliphatic imine (C=N–C) groups is 1. The van der Waals surface area contributed by atoms with Crippen LogP contribution in [0.3, 0.4) is 0 Å². The molecule has 0 aromatic carbocycles. The average Bonchev–Trinajstić information content (AvgIpc) is 2.85. The van der Waals surface area contributed by atoms with E-state index in [1.807, 2.05) is 0 Å². The first-order valence-corrected chi connectivity index (χ1v) is 6.98. The van der Waals surface area contributed by atoms with Crippen LogP contribution in [0, 0.1) is 23.7 Å². The van der Waals surface area contributed by atoms with Crippen LogP contribution in [0.5, 0.6) is 0 Å². The minimum absolute atomic E-state index is 0.116. The zero-order chi connectivity index (χ0) is 12.8. The minimum Gasteiger partial charge on any atom is -0.859 e. The van der Waals surface area contributed by atoms with Crippen molar-refractivity contribution in [2.45, 2.75) is 32.1 Å². The first-order chi connectivity index (χ1) is 9.28. The third kappa shape index (κ3) is 1.95. The lowest BCUT2D eigenvalue weighted by molar-refractivity contribution is -0.212. The van der Waals surface area contributed by atoms with Gasteiger partial charge < -0.3 is 5.11 Å². The van der Waals surface area contributed by atoms with Gasteiger partial charge in [0.1, 0.15) is 0 Å². The normalized spacial score (nSPS) is 36.8. The zero-order valence-corrected chi connectivity index (χ0v) is 10.6. The Bertz CT molecular complexity index is 503. The van der Waals surface area contributed by atoms with Crippen LogP contribution < -0.4 is 5.11 Å². The Balaban J connectivity index is 1.60. The lowest BCUT2D eigenvalue weighted by atomic mass is 9.54. The van der Waals surface area contributed by atoms with Gasteiger partial charge in [-0.1, -0.05) is 16.7 Å². The van der Waals surface area contributed by atoms with Crippen LogP contribution in [0.15, 0.2) is 16.6 Å². The van der Waals surface area contributed by atoms with Gasteiger partial charge in [0.25, 0.3) is 5.95 Å². The fourth-order valence-corrected chi connectivity index (χ4v) is 4.44. The van der Waals surface area contributed by atoms with Crippen molar-refractivity contribution in [1.82, 2.24) is 20.6 Å². The lowest BCUT2D eigenvalue weighted by Crippen LogP contribution is -2.40. The van der Waals surface area contributed by atoms with E-state index in [1.54, 1.807) is 6.08 Å². The van der Waals surface area contributed by atoms with Crippen molar-refractivity contribution in [2.24, 2.45) is 28.7 Å². The number of nitrogens with zero attached hydrogens (tertiary/aromatic N) is 4. The number of hydrogen-bond donors (Lipinski definition) is 1. The van der Waals surface area contributed by atoms with E-state index in [-0.39, 0.29) is 11.8 Å². The summed E-state index contributed by atoms with van der Waals surface area (Å²) in [5, 5.41) is 25.0. The van der Waals surface area contributed by atoms with E-state index < -0.39 is 0 Å². The maximum Gasteiger partial charge on any atom is 0.288 e. The van der Waals surface area contributed by atoms with Crippen LogP contribution in [0.1, 0.15) is 32.1 Å². The second-order valence-electron chi connectivity index (χ2n) is 6.11. The van der Waals surface area contributed by atoms with Gasteiger partial charge in [-0.3, -0.25) is 0 Å². The van der Waals surface area contributed by atoms with Crippen molar-refractivity contribution in [1.29, 1.82) is 0 Å². The quantitative estimate of drug-likeness (QED) is 0.632. The predicted molar refractivity (Wildman–Crippen MR) is 66.4 cm³/mol. The molecule has 4 saturated carbocycles. The Morgan fingerprint density at radius 1 is 1.16 bits per heavy atom. The molecule has 6 nitrogen and oxygen atoms in total. The number of nitrogens with one attached hydrogen (secondary N) is 1. The van der Waals surface area contributed by atoms with Crippen LogP contribution in [0.25, 0.3) is 0 Å². The van der Waals surface area contributed by atoms with Crippen LogP contribution >= 0.6 is 0 Å². The second kappa shape index (κ2) is 4.15. The summed E-state index contributed by atoms with van der Waals surface area (Å²) in [5.41, 5.74) is 1.34. The van der Waals surface area contributed by atoms with Crippen molar-refractivity contribution >= 4 is 11.8 Å². The van der Waals surface area contributed by atoms with Gasteiger partial charge in [-0.2, -0.15) is 5.21 Å². The second-order valence-corrected chi connectivity index (χ2v) is 6.11. The SMILES string of the molecule is [O-]C(C=C1C2CC3CC(C2)CC1C3)=Nc1nn[nH]n1. The van der Waals surface area contributed by atoms with Crippen molar-refractivity contribution in [3.63, 3.8) is 0 Å². The first kappa shape index (κ1) is 11.1.